The van der Waals surface area contributed by atoms with Gasteiger partial charge in [0, 0.05) is 30.7 Å². The van der Waals surface area contributed by atoms with Gasteiger partial charge in [0.2, 0.25) is 0 Å². The van der Waals surface area contributed by atoms with Crippen LogP contribution in [-0.2, 0) is 18.4 Å². The summed E-state index contributed by atoms with van der Waals surface area (Å²) in [7, 11) is 2.03. The van der Waals surface area contributed by atoms with Crippen LogP contribution < -0.4 is 5.32 Å². The quantitative estimate of drug-likeness (QED) is 0.601. The number of carbonyl (C=O) groups is 1. The second kappa shape index (κ2) is 4.28. The summed E-state index contributed by atoms with van der Waals surface area (Å²) in [6.07, 6.45) is 2.98. The summed E-state index contributed by atoms with van der Waals surface area (Å²) in [5, 5.41) is 4.32. The molecule has 0 bridgehead atoms. The number of para-hydroxylation sites is 1. The molecule has 15 heavy (non-hydrogen) atoms. The molecule has 0 aliphatic rings. The van der Waals surface area contributed by atoms with E-state index in [0.717, 1.165) is 12.8 Å². The van der Waals surface area contributed by atoms with Crippen molar-refractivity contribution in [3.05, 3.63) is 36.0 Å². The third kappa shape index (κ3) is 1.92. The first-order valence-corrected chi connectivity index (χ1v) is 5.00. The van der Waals surface area contributed by atoms with Crippen LogP contribution in [0.25, 0.3) is 10.9 Å². The molecule has 1 aromatic heterocycles. The number of hydrogen-bond acceptors (Lipinski definition) is 2. The highest BCUT2D eigenvalue weighted by molar-refractivity contribution is 5.83. The molecule has 3 nitrogen and oxygen atoms in total. The smallest absolute Gasteiger partial charge is 0.133 e. The zero-order valence-electron chi connectivity index (χ0n) is 8.73. The Balaban J connectivity index is 2.31. The van der Waals surface area contributed by atoms with Gasteiger partial charge in [0.25, 0.3) is 0 Å². The monoisotopic (exact) mass is 202 g/mol. The van der Waals surface area contributed by atoms with Crippen molar-refractivity contribution in [2.24, 2.45) is 7.05 Å². The number of nitrogens with zero attached hydrogens (tertiary/aromatic N) is 1. The maximum atomic E-state index is 10.2. The van der Waals surface area contributed by atoms with Crippen molar-refractivity contribution in [3.8, 4) is 0 Å². The number of aromatic nitrogens is 1. The Hall–Kier alpha value is -1.61. The van der Waals surface area contributed by atoms with Gasteiger partial charge in [-0.15, -0.1) is 0 Å². The van der Waals surface area contributed by atoms with E-state index in [0.29, 0.717) is 6.54 Å². The van der Waals surface area contributed by atoms with Gasteiger partial charge < -0.3 is 14.7 Å². The first kappa shape index (κ1) is 9.93. The standard InChI is InChI=1S/C12H14N2O/c1-14-9-10(8-13-6-7-15)11-4-2-3-5-12(11)14/h2-5,7,9,13H,6,8H2,1H3. The van der Waals surface area contributed by atoms with Crippen molar-refractivity contribution in [3.63, 3.8) is 0 Å². The Morgan fingerprint density at radius 1 is 1.40 bits per heavy atom. The SMILES string of the molecule is Cn1cc(CNCC=O)c2ccccc21. The summed E-state index contributed by atoms with van der Waals surface area (Å²) >= 11 is 0. The van der Waals surface area contributed by atoms with Gasteiger partial charge in [0.1, 0.15) is 6.29 Å². The van der Waals surface area contributed by atoms with E-state index in [1.165, 1.54) is 16.5 Å². The van der Waals surface area contributed by atoms with E-state index in [4.69, 9.17) is 0 Å². The van der Waals surface area contributed by atoms with Gasteiger partial charge in [0.15, 0.2) is 0 Å². The van der Waals surface area contributed by atoms with E-state index in [1.807, 2.05) is 19.2 Å². The lowest BCUT2D eigenvalue weighted by Crippen LogP contribution is -2.15. The van der Waals surface area contributed by atoms with E-state index >= 15 is 0 Å². The zero-order valence-corrected chi connectivity index (χ0v) is 8.73. The lowest BCUT2D eigenvalue weighted by Gasteiger charge is -1.98. The van der Waals surface area contributed by atoms with Crippen molar-refractivity contribution >= 4 is 17.2 Å². The largest absolute Gasteiger partial charge is 0.350 e. The highest BCUT2D eigenvalue weighted by atomic mass is 16.1. The minimum absolute atomic E-state index is 0.406. The molecule has 0 saturated heterocycles. The summed E-state index contributed by atoms with van der Waals surface area (Å²) in [6.45, 7) is 1.14. The fourth-order valence-electron chi connectivity index (χ4n) is 1.83. The Kier molecular flexibility index (Phi) is 2.83. The lowest BCUT2D eigenvalue weighted by molar-refractivity contribution is -0.107. The van der Waals surface area contributed by atoms with Crippen LogP contribution in [0.2, 0.25) is 0 Å². The lowest BCUT2D eigenvalue weighted by atomic mass is 10.2. The van der Waals surface area contributed by atoms with Gasteiger partial charge >= 0.3 is 0 Å². The third-order valence-corrected chi connectivity index (χ3v) is 2.52. The molecule has 1 heterocycles. The molecule has 2 aromatic rings. The van der Waals surface area contributed by atoms with Crippen molar-refractivity contribution < 1.29 is 4.79 Å². The number of aldehydes is 1. The van der Waals surface area contributed by atoms with Crippen molar-refractivity contribution in [2.75, 3.05) is 6.54 Å². The minimum Gasteiger partial charge on any atom is -0.350 e. The topological polar surface area (TPSA) is 34.0 Å². The van der Waals surface area contributed by atoms with Crippen LogP contribution in [0.5, 0.6) is 0 Å². The predicted octanol–water partition coefficient (Wildman–Crippen LogP) is 1.47. The Labute approximate surface area is 88.7 Å². The Morgan fingerprint density at radius 3 is 3.00 bits per heavy atom. The average Bonchev–Trinajstić information content (AvgIpc) is 2.58. The van der Waals surface area contributed by atoms with Gasteiger partial charge in [0.05, 0.1) is 6.54 Å². The van der Waals surface area contributed by atoms with Crippen molar-refractivity contribution in [1.29, 1.82) is 0 Å². The molecule has 1 aromatic carbocycles. The molecule has 1 N–H and O–H groups in total. The van der Waals surface area contributed by atoms with E-state index < -0.39 is 0 Å². The molecule has 0 unspecified atom stereocenters. The molecular formula is C12H14N2O. The number of aryl methyl sites for hydroxylation is 1. The summed E-state index contributed by atoms with van der Waals surface area (Å²) < 4.78 is 2.10. The molecule has 0 aliphatic carbocycles. The first-order chi connectivity index (χ1) is 7.33. The molecule has 3 heteroatoms. The summed E-state index contributed by atoms with van der Waals surface area (Å²) in [4.78, 5) is 10.2. The average molecular weight is 202 g/mol. The van der Waals surface area contributed by atoms with E-state index in [1.54, 1.807) is 0 Å². The maximum absolute atomic E-state index is 10.2. The predicted molar refractivity (Wildman–Crippen MR) is 60.7 cm³/mol. The van der Waals surface area contributed by atoms with Crippen LogP contribution in [0.1, 0.15) is 5.56 Å². The first-order valence-electron chi connectivity index (χ1n) is 5.00. The van der Waals surface area contributed by atoms with Gasteiger partial charge in [-0.3, -0.25) is 0 Å². The van der Waals surface area contributed by atoms with E-state index in [2.05, 4.69) is 28.2 Å². The molecular weight excluding hydrogens is 188 g/mol. The van der Waals surface area contributed by atoms with Crippen LogP contribution in [0.4, 0.5) is 0 Å². The molecule has 0 spiro atoms. The van der Waals surface area contributed by atoms with Gasteiger partial charge in [-0.2, -0.15) is 0 Å². The third-order valence-electron chi connectivity index (χ3n) is 2.52. The summed E-state index contributed by atoms with van der Waals surface area (Å²) in [5.74, 6) is 0. The summed E-state index contributed by atoms with van der Waals surface area (Å²) in [5.41, 5.74) is 2.45. The van der Waals surface area contributed by atoms with Crippen LogP contribution in [-0.4, -0.2) is 17.4 Å². The van der Waals surface area contributed by atoms with Crippen LogP contribution in [0.3, 0.4) is 0 Å². The van der Waals surface area contributed by atoms with Gasteiger partial charge in [-0.05, 0) is 11.6 Å². The summed E-state index contributed by atoms with van der Waals surface area (Å²) in [6, 6.07) is 8.27. The number of nitrogens with one attached hydrogen (secondary N) is 1. The van der Waals surface area contributed by atoms with Crippen molar-refractivity contribution in [1.82, 2.24) is 9.88 Å². The molecule has 0 fully saturated rings. The number of benzene rings is 1. The fourth-order valence-corrected chi connectivity index (χ4v) is 1.83. The van der Waals surface area contributed by atoms with Crippen LogP contribution >= 0.6 is 0 Å². The van der Waals surface area contributed by atoms with E-state index in [9.17, 15) is 4.79 Å². The van der Waals surface area contributed by atoms with Crippen molar-refractivity contribution in [2.45, 2.75) is 6.54 Å². The molecule has 0 saturated carbocycles. The fraction of sp³-hybridized carbons (Fsp3) is 0.250. The zero-order chi connectivity index (χ0) is 10.7. The molecule has 78 valence electrons. The molecule has 0 atom stereocenters. The van der Waals surface area contributed by atoms with Gasteiger partial charge in [-0.1, -0.05) is 18.2 Å². The Morgan fingerprint density at radius 2 is 2.20 bits per heavy atom. The Bertz CT molecular complexity index is 473. The highest BCUT2D eigenvalue weighted by Gasteiger charge is 2.04. The van der Waals surface area contributed by atoms with Gasteiger partial charge in [-0.25, -0.2) is 0 Å². The van der Waals surface area contributed by atoms with Crippen LogP contribution in [0.15, 0.2) is 30.5 Å². The molecule has 0 amide bonds. The number of carbonyl (C=O) groups excluding carboxylic acids is 1. The van der Waals surface area contributed by atoms with E-state index in [-0.39, 0.29) is 0 Å². The highest BCUT2D eigenvalue weighted by Crippen LogP contribution is 2.19. The molecule has 2 rings (SSSR count). The second-order valence-corrected chi connectivity index (χ2v) is 3.58. The second-order valence-electron chi connectivity index (χ2n) is 3.58. The maximum Gasteiger partial charge on any atom is 0.133 e. The number of rotatable bonds is 4. The normalized spacial score (nSPS) is 10.7. The van der Waals surface area contributed by atoms with Crippen LogP contribution in [0, 0.1) is 0 Å². The molecule has 0 aliphatic heterocycles. The minimum atomic E-state index is 0.406. The molecule has 0 radical (unpaired) electrons. The number of hydrogen-bond donors (Lipinski definition) is 1. The number of fused-ring (bicyclic) bond motifs is 1.